The Labute approximate surface area is 136 Å². The van der Waals surface area contributed by atoms with Crippen molar-refractivity contribution in [3.8, 4) is 0 Å². The van der Waals surface area contributed by atoms with E-state index in [0.717, 1.165) is 37.4 Å². The maximum atomic E-state index is 11.9. The molecule has 0 saturated carbocycles. The van der Waals surface area contributed by atoms with Gasteiger partial charge in [0.25, 0.3) is 5.91 Å². The van der Waals surface area contributed by atoms with Crippen LogP contribution < -0.4 is 10.6 Å². The number of aryl methyl sites for hydroxylation is 1. The van der Waals surface area contributed by atoms with E-state index in [0.29, 0.717) is 5.56 Å². The summed E-state index contributed by atoms with van der Waals surface area (Å²) in [6, 6.07) is 10.2. The van der Waals surface area contributed by atoms with Crippen molar-refractivity contribution in [3.63, 3.8) is 0 Å². The third-order valence-corrected chi connectivity index (χ3v) is 4.25. The summed E-state index contributed by atoms with van der Waals surface area (Å²) in [6.07, 6.45) is 1.97. The van der Waals surface area contributed by atoms with Gasteiger partial charge in [0.2, 0.25) is 0 Å². The fourth-order valence-electron chi connectivity index (χ4n) is 3.05. The second-order valence-electron chi connectivity index (χ2n) is 5.88. The van der Waals surface area contributed by atoms with Crippen molar-refractivity contribution in [3.05, 3.63) is 53.3 Å². The van der Waals surface area contributed by atoms with Crippen molar-refractivity contribution in [2.24, 2.45) is 7.05 Å². The Morgan fingerprint density at radius 2 is 2.30 bits per heavy atom. The number of nitrogens with zero attached hydrogens (tertiary/aromatic N) is 3. The van der Waals surface area contributed by atoms with Gasteiger partial charge >= 0.3 is 0 Å². The molecule has 3 rings (SSSR count). The minimum Gasteiger partial charge on any atom is -0.355 e. The largest absolute Gasteiger partial charge is 0.355 e. The summed E-state index contributed by atoms with van der Waals surface area (Å²) in [6.45, 7) is 3.63. The standard InChI is InChI=1S/C17H23N5O/c1-18-17(23)14-5-3-4-13(10-14)16-11-19-7-9-22(16)12-15-6-8-21(2)20-15/h3-6,8,10,16,19H,7,9,11-12H2,1-2H3,(H,18,23)/t16-/m0/s1. The first-order valence-corrected chi connectivity index (χ1v) is 7.92. The summed E-state index contributed by atoms with van der Waals surface area (Å²) in [5.41, 5.74) is 2.93. The third-order valence-electron chi connectivity index (χ3n) is 4.25. The number of nitrogens with one attached hydrogen (secondary N) is 2. The molecule has 1 aliphatic rings. The molecule has 1 aromatic heterocycles. The van der Waals surface area contributed by atoms with E-state index in [9.17, 15) is 4.79 Å². The van der Waals surface area contributed by atoms with Crippen LogP contribution in [0.3, 0.4) is 0 Å². The molecule has 122 valence electrons. The van der Waals surface area contributed by atoms with E-state index < -0.39 is 0 Å². The van der Waals surface area contributed by atoms with Crippen LogP contribution in [0.25, 0.3) is 0 Å². The Bertz CT molecular complexity index is 681. The Morgan fingerprint density at radius 3 is 3.04 bits per heavy atom. The van der Waals surface area contributed by atoms with Gasteiger partial charge < -0.3 is 10.6 Å². The molecule has 2 N–H and O–H groups in total. The Balaban J connectivity index is 1.82. The number of hydrogen-bond acceptors (Lipinski definition) is 4. The molecule has 1 aromatic carbocycles. The quantitative estimate of drug-likeness (QED) is 0.881. The normalized spacial score (nSPS) is 18.8. The number of piperazine rings is 1. The predicted molar refractivity (Wildman–Crippen MR) is 89.1 cm³/mol. The molecule has 0 bridgehead atoms. The SMILES string of the molecule is CNC(=O)c1cccc([C@@H]2CNCCN2Cc2ccn(C)n2)c1. The van der Waals surface area contributed by atoms with Gasteiger partial charge in [0.15, 0.2) is 0 Å². The van der Waals surface area contributed by atoms with E-state index in [-0.39, 0.29) is 11.9 Å². The molecule has 1 fully saturated rings. The highest BCUT2D eigenvalue weighted by Crippen LogP contribution is 2.24. The van der Waals surface area contributed by atoms with Gasteiger partial charge in [-0.05, 0) is 23.8 Å². The zero-order valence-electron chi connectivity index (χ0n) is 13.6. The minimum absolute atomic E-state index is 0.0492. The monoisotopic (exact) mass is 313 g/mol. The van der Waals surface area contributed by atoms with Crippen LogP contribution in [-0.2, 0) is 13.6 Å². The van der Waals surface area contributed by atoms with Gasteiger partial charge in [0.1, 0.15) is 0 Å². The third kappa shape index (κ3) is 3.60. The number of carbonyl (C=O) groups excluding carboxylic acids is 1. The molecule has 1 saturated heterocycles. The van der Waals surface area contributed by atoms with E-state index in [2.05, 4.69) is 32.8 Å². The van der Waals surface area contributed by atoms with Crippen molar-refractivity contribution in [1.29, 1.82) is 0 Å². The van der Waals surface area contributed by atoms with Crippen molar-refractivity contribution >= 4 is 5.91 Å². The molecule has 1 aliphatic heterocycles. The highest BCUT2D eigenvalue weighted by atomic mass is 16.1. The Kier molecular flexibility index (Phi) is 4.73. The van der Waals surface area contributed by atoms with Crippen LogP contribution in [-0.4, -0.2) is 47.3 Å². The van der Waals surface area contributed by atoms with Gasteiger partial charge in [-0.15, -0.1) is 0 Å². The summed E-state index contributed by atoms with van der Waals surface area (Å²) in [5.74, 6) is -0.0492. The maximum absolute atomic E-state index is 11.9. The van der Waals surface area contributed by atoms with Gasteiger partial charge in [-0.2, -0.15) is 5.10 Å². The van der Waals surface area contributed by atoms with Crippen LogP contribution in [0.2, 0.25) is 0 Å². The number of carbonyl (C=O) groups is 1. The van der Waals surface area contributed by atoms with Gasteiger partial charge in [0.05, 0.1) is 5.69 Å². The number of hydrogen-bond donors (Lipinski definition) is 2. The van der Waals surface area contributed by atoms with Gasteiger partial charge in [-0.3, -0.25) is 14.4 Å². The van der Waals surface area contributed by atoms with Crippen LogP contribution in [0.4, 0.5) is 0 Å². The van der Waals surface area contributed by atoms with E-state index in [1.165, 1.54) is 0 Å². The van der Waals surface area contributed by atoms with Crippen LogP contribution in [0.1, 0.15) is 27.7 Å². The number of rotatable bonds is 4. The molecule has 1 amide bonds. The van der Waals surface area contributed by atoms with Crippen molar-refractivity contribution in [1.82, 2.24) is 25.3 Å². The maximum Gasteiger partial charge on any atom is 0.251 e. The van der Waals surface area contributed by atoms with E-state index in [1.54, 1.807) is 7.05 Å². The highest BCUT2D eigenvalue weighted by molar-refractivity contribution is 5.94. The molecular formula is C17H23N5O. The van der Waals surface area contributed by atoms with Gasteiger partial charge in [-0.25, -0.2) is 0 Å². The molecule has 2 heterocycles. The first-order chi connectivity index (χ1) is 11.2. The molecule has 2 aromatic rings. The van der Waals surface area contributed by atoms with E-state index in [4.69, 9.17) is 0 Å². The molecule has 23 heavy (non-hydrogen) atoms. The minimum atomic E-state index is -0.0492. The summed E-state index contributed by atoms with van der Waals surface area (Å²) >= 11 is 0. The number of benzene rings is 1. The van der Waals surface area contributed by atoms with E-state index in [1.807, 2.05) is 36.1 Å². The van der Waals surface area contributed by atoms with Crippen molar-refractivity contribution in [2.75, 3.05) is 26.7 Å². The summed E-state index contributed by atoms with van der Waals surface area (Å²) in [5, 5.41) is 10.6. The topological polar surface area (TPSA) is 62.2 Å². The fourth-order valence-corrected chi connectivity index (χ4v) is 3.05. The second-order valence-corrected chi connectivity index (χ2v) is 5.88. The zero-order chi connectivity index (χ0) is 16.2. The highest BCUT2D eigenvalue weighted by Gasteiger charge is 2.25. The summed E-state index contributed by atoms with van der Waals surface area (Å²) in [4.78, 5) is 14.3. The zero-order valence-corrected chi connectivity index (χ0v) is 13.6. The first kappa shape index (κ1) is 15.7. The average molecular weight is 313 g/mol. The molecule has 0 radical (unpaired) electrons. The molecule has 6 nitrogen and oxygen atoms in total. The molecule has 6 heteroatoms. The lowest BCUT2D eigenvalue weighted by atomic mass is 10.0. The number of amides is 1. The molecule has 0 spiro atoms. The predicted octanol–water partition coefficient (Wildman–Crippen LogP) is 0.926. The van der Waals surface area contributed by atoms with Crippen LogP contribution in [0.5, 0.6) is 0 Å². The lowest BCUT2D eigenvalue weighted by Crippen LogP contribution is -2.45. The smallest absolute Gasteiger partial charge is 0.251 e. The molecule has 0 aliphatic carbocycles. The first-order valence-electron chi connectivity index (χ1n) is 7.92. The van der Waals surface area contributed by atoms with E-state index >= 15 is 0 Å². The van der Waals surface area contributed by atoms with Crippen LogP contribution in [0.15, 0.2) is 36.5 Å². The lowest BCUT2D eigenvalue weighted by molar-refractivity contribution is 0.0962. The Hall–Kier alpha value is -2.18. The molecule has 1 atom stereocenters. The fraction of sp³-hybridized carbons (Fsp3) is 0.412. The summed E-state index contributed by atoms with van der Waals surface area (Å²) in [7, 11) is 3.59. The van der Waals surface area contributed by atoms with Gasteiger partial charge in [-0.1, -0.05) is 12.1 Å². The van der Waals surface area contributed by atoms with Gasteiger partial charge in [0, 0.05) is 58.1 Å². The number of aromatic nitrogens is 2. The second kappa shape index (κ2) is 6.93. The van der Waals surface area contributed by atoms with Crippen LogP contribution >= 0.6 is 0 Å². The van der Waals surface area contributed by atoms with Crippen LogP contribution in [0, 0.1) is 0 Å². The van der Waals surface area contributed by atoms with Crippen molar-refractivity contribution in [2.45, 2.75) is 12.6 Å². The Morgan fingerprint density at radius 1 is 1.43 bits per heavy atom. The van der Waals surface area contributed by atoms with Crippen molar-refractivity contribution < 1.29 is 4.79 Å². The average Bonchev–Trinajstić information content (AvgIpc) is 2.99. The molecule has 0 unspecified atom stereocenters. The lowest BCUT2D eigenvalue weighted by Gasteiger charge is -2.36. The summed E-state index contributed by atoms with van der Waals surface area (Å²) < 4.78 is 1.83. The molecular weight excluding hydrogens is 290 g/mol.